The Kier molecular flexibility index (Phi) is 5.71. The Morgan fingerprint density at radius 3 is 2.31 bits per heavy atom. The van der Waals surface area contributed by atoms with Crippen LogP contribution in [0.4, 0.5) is 0 Å². The Hall–Kier alpha value is -0.570. The lowest BCUT2D eigenvalue weighted by Gasteiger charge is -2.27. The van der Waals surface area contributed by atoms with Crippen LogP contribution in [0.1, 0.15) is 27.2 Å². The molecule has 0 aliphatic carbocycles. The van der Waals surface area contributed by atoms with Crippen LogP contribution in [0.25, 0.3) is 0 Å². The van der Waals surface area contributed by atoms with Gasteiger partial charge in [0.2, 0.25) is 0 Å². The first-order valence-corrected chi connectivity index (χ1v) is 4.76. The highest BCUT2D eigenvalue weighted by Crippen LogP contribution is 2.08. The molecule has 0 heterocycles. The van der Waals surface area contributed by atoms with Crippen molar-refractivity contribution in [2.75, 3.05) is 20.7 Å². The van der Waals surface area contributed by atoms with Gasteiger partial charge in [0, 0.05) is 12.6 Å². The molecule has 78 valence electrons. The van der Waals surface area contributed by atoms with Gasteiger partial charge in [-0.25, -0.2) is 0 Å². The minimum atomic E-state index is -0.136. The van der Waals surface area contributed by atoms with Gasteiger partial charge in [0.1, 0.15) is 0 Å². The second-order valence-corrected chi connectivity index (χ2v) is 3.79. The molecule has 0 aliphatic rings. The summed E-state index contributed by atoms with van der Waals surface area (Å²) < 4.78 is 4.58. The van der Waals surface area contributed by atoms with Gasteiger partial charge in [-0.2, -0.15) is 0 Å². The van der Waals surface area contributed by atoms with E-state index in [1.807, 2.05) is 7.05 Å². The number of nitrogens with zero attached hydrogens (tertiary/aromatic N) is 1. The zero-order valence-electron chi connectivity index (χ0n) is 9.33. The first-order chi connectivity index (χ1) is 5.99. The third kappa shape index (κ3) is 4.88. The van der Waals surface area contributed by atoms with Crippen LogP contribution in [0.15, 0.2) is 0 Å². The molecule has 1 unspecified atom stereocenters. The minimum absolute atomic E-state index is 0.136. The van der Waals surface area contributed by atoms with Crippen molar-refractivity contribution < 1.29 is 9.53 Å². The van der Waals surface area contributed by atoms with Gasteiger partial charge in [-0.3, -0.25) is 4.79 Å². The maximum atomic E-state index is 10.9. The molecule has 0 aliphatic heterocycles. The topological polar surface area (TPSA) is 29.5 Å². The molecule has 0 fully saturated rings. The number of rotatable bonds is 5. The van der Waals surface area contributed by atoms with Gasteiger partial charge in [-0.05, 0) is 19.9 Å². The van der Waals surface area contributed by atoms with Gasteiger partial charge < -0.3 is 9.64 Å². The van der Waals surface area contributed by atoms with E-state index < -0.39 is 0 Å². The number of carbonyl (C=O) groups is 1. The lowest BCUT2D eigenvalue weighted by molar-refractivity contribution is -0.141. The molecular weight excluding hydrogens is 166 g/mol. The van der Waals surface area contributed by atoms with E-state index in [1.165, 1.54) is 7.11 Å². The van der Waals surface area contributed by atoms with Crippen LogP contribution < -0.4 is 0 Å². The predicted molar refractivity (Wildman–Crippen MR) is 53.6 cm³/mol. The Balaban J connectivity index is 3.73. The molecule has 0 aromatic heterocycles. The molecule has 1 atom stereocenters. The van der Waals surface area contributed by atoms with Crippen LogP contribution >= 0.6 is 0 Å². The average Bonchev–Trinajstić information content (AvgIpc) is 2.11. The van der Waals surface area contributed by atoms with E-state index in [0.717, 1.165) is 6.54 Å². The summed E-state index contributed by atoms with van der Waals surface area (Å²) in [5.41, 5.74) is 0. The number of hydrogen-bond acceptors (Lipinski definition) is 3. The summed E-state index contributed by atoms with van der Waals surface area (Å²) in [6.45, 7) is 7.30. The van der Waals surface area contributed by atoms with Crippen molar-refractivity contribution >= 4 is 5.97 Å². The highest BCUT2D eigenvalue weighted by molar-refractivity contribution is 5.69. The molecule has 0 rings (SSSR count). The van der Waals surface area contributed by atoms with Gasteiger partial charge in [-0.15, -0.1) is 0 Å². The highest BCUT2D eigenvalue weighted by Gasteiger charge is 2.13. The van der Waals surface area contributed by atoms with Crippen LogP contribution in [-0.4, -0.2) is 37.6 Å². The predicted octanol–water partition coefficient (Wildman–Crippen LogP) is 1.53. The number of hydrogen-bond donors (Lipinski definition) is 0. The van der Waals surface area contributed by atoms with E-state index in [9.17, 15) is 4.79 Å². The van der Waals surface area contributed by atoms with E-state index in [2.05, 4.69) is 30.4 Å². The first-order valence-electron chi connectivity index (χ1n) is 4.76. The Morgan fingerprint density at radius 1 is 1.38 bits per heavy atom. The van der Waals surface area contributed by atoms with Gasteiger partial charge in [0.05, 0.1) is 13.5 Å². The molecule has 13 heavy (non-hydrogen) atoms. The quantitative estimate of drug-likeness (QED) is 0.611. The zero-order chi connectivity index (χ0) is 10.4. The first kappa shape index (κ1) is 12.4. The van der Waals surface area contributed by atoms with E-state index in [0.29, 0.717) is 18.4 Å². The second-order valence-electron chi connectivity index (χ2n) is 3.79. The summed E-state index contributed by atoms with van der Waals surface area (Å²) in [7, 11) is 3.46. The molecule has 3 heteroatoms. The van der Waals surface area contributed by atoms with Crippen molar-refractivity contribution in [2.24, 2.45) is 5.92 Å². The van der Waals surface area contributed by atoms with Crippen molar-refractivity contribution in [3.05, 3.63) is 0 Å². The average molecular weight is 187 g/mol. The SMILES string of the molecule is COC(=O)CCN(C)C(C)C(C)C. The molecular formula is C10H21NO2. The summed E-state index contributed by atoms with van der Waals surface area (Å²) in [6.07, 6.45) is 0.476. The maximum Gasteiger partial charge on any atom is 0.306 e. The number of ether oxygens (including phenoxy) is 1. The minimum Gasteiger partial charge on any atom is -0.469 e. The van der Waals surface area contributed by atoms with Gasteiger partial charge in [0.25, 0.3) is 0 Å². The molecule has 0 radical (unpaired) electrons. The van der Waals surface area contributed by atoms with E-state index in [1.54, 1.807) is 0 Å². The maximum absolute atomic E-state index is 10.9. The summed E-state index contributed by atoms with van der Waals surface area (Å²) in [4.78, 5) is 13.0. The fraction of sp³-hybridized carbons (Fsp3) is 0.900. The molecule has 0 N–H and O–H groups in total. The van der Waals surface area contributed by atoms with Crippen LogP contribution in [0.5, 0.6) is 0 Å². The van der Waals surface area contributed by atoms with Crippen molar-refractivity contribution in [1.82, 2.24) is 4.90 Å². The van der Waals surface area contributed by atoms with Crippen LogP contribution in [-0.2, 0) is 9.53 Å². The lowest BCUT2D eigenvalue weighted by atomic mass is 10.1. The van der Waals surface area contributed by atoms with Gasteiger partial charge in [0.15, 0.2) is 0 Å². The molecule has 0 saturated carbocycles. The van der Waals surface area contributed by atoms with Crippen molar-refractivity contribution in [2.45, 2.75) is 33.2 Å². The smallest absolute Gasteiger partial charge is 0.306 e. The van der Waals surface area contributed by atoms with Crippen LogP contribution in [0.3, 0.4) is 0 Å². The standard InChI is InChI=1S/C10H21NO2/c1-8(2)9(3)11(4)7-6-10(12)13-5/h8-9H,6-7H2,1-5H3. The largest absolute Gasteiger partial charge is 0.469 e. The van der Waals surface area contributed by atoms with Gasteiger partial charge >= 0.3 is 5.97 Å². The van der Waals surface area contributed by atoms with E-state index in [4.69, 9.17) is 0 Å². The number of esters is 1. The van der Waals surface area contributed by atoms with Crippen LogP contribution in [0, 0.1) is 5.92 Å². The fourth-order valence-electron chi connectivity index (χ4n) is 1.08. The summed E-state index contributed by atoms with van der Waals surface area (Å²) >= 11 is 0. The molecule has 0 spiro atoms. The third-order valence-corrected chi connectivity index (χ3v) is 2.56. The Bertz CT molecular complexity index is 157. The molecule has 0 saturated heterocycles. The lowest BCUT2D eigenvalue weighted by Crippen LogP contribution is -2.34. The van der Waals surface area contributed by atoms with E-state index in [-0.39, 0.29) is 5.97 Å². The zero-order valence-corrected chi connectivity index (χ0v) is 9.33. The second kappa shape index (κ2) is 5.97. The number of methoxy groups -OCH3 is 1. The normalized spacial score (nSPS) is 13.5. The monoisotopic (exact) mass is 187 g/mol. The molecule has 0 aromatic carbocycles. The fourth-order valence-corrected chi connectivity index (χ4v) is 1.08. The van der Waals surface area contributed by atoms with Crippen molar-refractivity contribution in [3.63, 3.8) is 0 Å². The highest BCUT2D eigenvalue weighted by atomic mass is 16.5. The Labute approximate surface area is 81.1 Å². The summed E-state index contributed by atoms with van der Waals surface area (Å²) in [5, 5.41) is 0. The number of carbonyl (C=O) groups excluding carboxylic acids is 1. The molecule has 0 amide bonds. The summed E-state index contributed by atoms with van der Waals surface area (Å²) in [6, 6.07) is 0.504. The molecule has 0 aromatic rings. The van der Waals surface area contributed by atoms with Gasteiger partial charge in [-0.1, -0.05) is 13.8 Å². The Morgan fingerprint density at radius 2 is 1.92 bits per heavy atom. The van der Waals surface area contributed by atoms with Crippen molar-refractivity contribution in [1.29, 1.82) is 0 Å². The van der Waals surface area contributed by atoms with Crippen LogP contribution in [0.2, 0.25) is 0 Å². The summed E-state index contributed by atoms with van der Waals surface area (Å²) in [5.74, 6) is 0.477. The van der Waals surface area contributed by atoms with Crippen molar-refractivity contribution in [3.8, 4) is 0 Å². The van der Waals surface area contributed by atoms with E-state index >= 15 is 0 Å². The molecule has 0 bridgehead atoms. The molecule has 3 nitrogen and oxygen atoms in total. The third-order valence-electron chi connectivity index (χ3n) is 2.56.